The van der Waals surface area contributed by atoms with Crippen LogP contribution in [-0.2, 0) is 4.74 Å². The van der Waals surface area contributed by atoms with Crippen molar-refractivity contribution < 1.29 is 4.74 Å². The van der Waals surface area contributed by atoms with E-state index in [-0.39, 0.29) is 6.10 Å². The molecule has 17 heavy (non-hydrogen) atoms. The zero-order chi connectivity index (χ0) is 13.3. The summed E-state index contributed by atoms with van der Waals surface area (Å²) < 4.78 is 5.32. The van der Waals surface area contributed by atoms with Crippen LogP contribution in [0, 0.1) is 0 Å². The van der Waals surface area contributed by atoms with Crippen LogP contribution in [0.25, 0.3) is 0 Å². The lowest BCUT2D eigenvalue weighted by atomic mass is 10.1. The van der Waals surface area contributed by atoms with E-state index in [9.17, 15) is 0 Å². The van der Waals surface area contributed by atoms with Crippen molar-refractivity contribution in [3.8, 4) is 0 Å². The minimum atomic E-state index is 0.278. The monoisotopic (exact) mass is 244 g/mol. The third kappa shape index (κ3) is 7.74. The number of nitrogens with one attached hydrogen (secondary N) is 1. The van der Waals surface area contributed by atoms with Gasteiger partial charge in [0.05, 0.1) is 6.10 Å². The predicted molar refractivity (Wildman–Crippen MR) is 75.6 cm³/mol. The Hall–Kier alpha value is -0.120. The number of rotatable bonds is 10. The number of hydrogen-bond acceptors (Lipinski definition) is 3. The molecular weight excluding hydrogens is 212 g/mol. The molecule has 3 atom stereocenters. The van der Waals surface area contributed by atoms with E-state index in [4.69, 9.17) is 4.74 Å². The molecule has 0 amide bonds. The Bertz CT molecular complexity index is 172. The molecule has 3 heteroatoms. The first-order valence-electron chi connectivity index (χ1n) is 7.06. The summed E-state index contributed by atoms with van der Waals surface area (Å²) in [4.78, 5) is 2.48. The van der Waals surface area contributed by atoms with Gasteiger partial charge in [0.1, 0.15) is 0 Å². The van der Waals surface area contributed by atoms with Gasteiger partial charge >= 0.3 is 0 Å². The van der Waals surface area contributed by atoms with Gasteiger partial charge < -0.3 is 15.0 Å². The summed E-state index contributed by atoms with van der Waals surface area (Å²) >= 11 is 0. The number of nitrogens with zero attached hydrogens (tertiary/aromatic N) is 1. The SMILES string of the molecule is CCN(CC)CCCC(C)NC(C)C(C)OC. The van der Waals surface area contributed by atoms with Crippen molar-refractivity contribution >= 4 is 0 Å². The number of hydrogen-bond donors (Lipinski definition) is 1. The Morgan fingerprint density at radius 1 is 1.12 bits per heavy atom. The summed E-state index contributed by atoms with van der Waals surface area (Å²) in [5, 5.41) is 3.60. The molecule has 0 heterocycles. The minimum Gasteiger partial charge on any atom is -0.380 e. The quantitative estimate of drug-likeness (QED) is 0.639. The van der Waals surface area contributed by atoms with Gasteiger partial charge in [-0.3, -0.25) is 0 Å². The highest BCUT2D eigenvalue weighted by Gasteiger charge is 2.13. The minimum absolute atomic E-state index is 0.278. The molecule has 3 unspecified atom stereocenters. The fraction of sp³-hybridized carbons (Fsp3) is 1.00. The van der Waals surface area contributed by atoms with E-state index in [2.05, 4.69) is 44.8 Å². The Morgan fingerprint density at radius 2 is 1.71 bits per heavy atom. The van der Waals surface area contributed by atoms with Crippen molar-refractivity contribution in [2.24, 2.45) is 0 Å². The van der Waals surface area contributed by atoms with E-state index in [1.807, 2.05) is 0 Å². The molecule has 0 aliphatic heterocycles. The molecule has 3 nitrogen and oxygen atoms in total. The molecule has 0 bridgehead atoms. The van der Waals surface area contributed by atoms with Crippen LogP contribution in [-0.4, -0.2) is 49.8 Å². The standard InChI is InChI=1S/C14H32N2O/c1-7-16(8-2)11-9-10-12(3)15-13(4)14(5)17-6/h12-15H,7-11H2,1-6H3. The van der Waals surface area contributed by atoms with E-state index < -0.39 is 0 Å². The molecule has 0 saturated carbocycles. The Balaban J connectivity index is 3.68. The molecule has 0 aliphatic rings. The van der Waals surface area contributed by atoms with Crippen LogP contribution in [0.4, 0.5) is 0 Å². The average Bonchev–Trinajstić information content (AvgIpc) is 2.33. The topological polar surface area (TPSA) is 24.5 Å². The first kappa shape index (κ1) is 16.9. The second kappa shape index (κ2) is 9.86. The number of ether oxygens (including phenoxy) is 1. The first-order valence-corrected chi connectivity index (χ1v) is 7.06. The zero-order valence-corrected chi connectivity index (χ0v) is 12.6. The van der Waals surface area contributed by atoms with Crippen LogP contribution in [0.2, 0.25) is 0 Å². The highest BCUT2D eigenvalue weighted by Crippen LogP contribution is 2.03. The maximum absolute atomic E-state index is 5.32. The smallest absolute Gasteiger partial charge is 0.0693 e. The van der Waals surface area contributed by atoms with Crippen LogP contribution >= 0.6 is 0 Å². The van der Waals surface area contributed by atoms with Crippen LogP contribution < -0.4 is 5.32 Å². The van der Waals surface area contributed by atoms with Crippen LogP contribution in [0.5, 0.6) is 0 Å². The lowest BCUT2D eigenvalue weighted by molar-refractivity contribution is 0.0845. The van der Waals surface area contributed by atoms with Gasteiger partial charge in [0, 0.05) is 19.2 Å². The Labute approximate surface area is 108 Å². The van der Waals surface area contributed by atoms with Crippen molar-refractivity contribution in [1.29, 1.82) is 0 Å². The first-order chi connectivity index (χ1) is 8.04. The molecule has 0 aromatic carbocycles. The molecule has 1 N–H and O–H groups in total. The second-order valence-corrected chi connectivity index (χ2v) is 4.97. The van der Waals surface area contributed by atoms with Gasteiger partial charge in [0.15, 0.2) is 0 Å². The molecule has 0 saturated heterocycles. The molecule has 0 aromatic rings. The summed E-state index contributed by atoms with van der Waals surface area (Å²) in [6, 6.07) is 0.988. The van der Waals surface area contributed by atoms with Crippen molar-refractivity contribution in [2.75, 3.05) is 26.7 Å². The maximum atomic E-state index is 5.32. The van der Waals surface area contributed by atoms with E-state index in [1.54, 1.807) is 7.11 Å². The van der Waals surface area contributed by atoms with Crippen molar-refractivity contribution in [2.45, 2.75) is 65.6 Å². The lowest BCUT2D eigenvalue weighted by Crippen LogP contribution is -2.42. The van der Waals surface area contributed by atoms with Gasteiger partial charge in [-0.25, -0.2) is 0 Å². The summed E-state index contributed by atoms with van der Waals surface area (Å²) in [6.07, 6.45) is 2.78. The fourth-order valence-corrected chi connectivity index (χ4v) is 2.03. The molecule has 104 valence electrons. The predicted octanol–water partition coefficient (Wildman–Crippen LogP) is 2.51. The average molecular weight is 244 g/mol. The van der Waals surface area contributed by atoms with Gasteiger partial charge in [0.2, 0.25) is 0 Å². The van der Waals surface area contributed by atoms with Gasteiger partial charge in [-0.1, -0.05) is 13.8 Å². The molecular formula is C14H32N2O. The van der Waals surface area contributed by atoms with Crippen LogP contribution in [0.3, 0.4) is 0 Å². The summed E-state index contributed by atoms with van der Waals surface area (Å²) in [5.41, 5.74) is 0. The van der Waals surface area contributed by atoms with Crippen LogP contribution in [0.15, 0.2) is 0 Å². The normalized spacial score (nSPS) is 17.1. The molecule has 0 spiro atoms. The third-order valence-corrected chi connectivity index (χ3v) is 3.63. The third-order valence-electron chi connectivity index (χ3n) is 3.63. The van der Waals surface area contributed by atoms with Crippen molar-refractivity contribution in [3.05, 3.63) is 0 Å². The summed E-state index contributed by atoms with van der Waals surface area (Å²) in [6.45, 7) is 14.6. The molecule has 0 radical (unpaired) electrons. The van der Waals surface area contributed by atoms with E-state index >= 15 is 0 Å². The highest BCUT2D eigenvalue weighted by molar-refractivity contribution is 4.73. The van der Waals surface area contributed by atoms with Crippen molar-refractivity contribution in [1.82, 2.24) is 10.2 Å². The second-order valence-electron chi connectivity index (χ2n) is 4.97. The van der Waals surface area contributed by atoms with Gasteiger partial charge in [-0.15, -0.1) is 0 Å². The Kier molecular flexibility index (Phi) is 9.79. The van der Waals surface area contributed by atoms with Gasteiger partial charge in [0.25, 0.3) is 0 Å². The largest absolute Gasteiger partial charge is 0.380 e. The van der Waals surface area contributed by atoms with E-state index in [0.717, 1.165) is 13.1 Å². The zero-order valence-electron chi connectivity index (χ0n) is 12.6. The van der Waals surface area contributed by atoms with Crippen molar-refractivity contribution in [3.63, 3.8) is 0 Å². The van der Waals surface area contributed by atoms with Crippen LogP contribution in [0.1, 0.15) is 47.5 Å². The Morgan fingerprint density at radius 3 is 2.18 bits per heavy atom. The molecule has 0 rings (SSSR count). The lowest BCUT2D eigenvalue weighted by Gasteiger charge is -2.25. The maximum Gasteiger partial charge on any atom is 0.0693 e. The van der Waals surface area contributed by atoms with E-state index in [1.165, 1.54) is 19.4 Å². The molecule has 0 aliphatic carbocycles. The van der Waals surface area contributed by atoms with Gasteiger partial charge in [-0.2, -0.15) is 0 Å². The number of methoxy groups -OCH3 is 1. The highest BCUT2D eigenvalue weighted by atomic mass is 16.5. The summed E-state index contributed by atoms with van der Waals surface area (Å²) in [5.74, 6) is 0. The van der Waals surface area contributed by atoms with E-state index in [0.29, 0.717) is 12.1 Å². The fourth-order valence-electron chi connectivity index (χ4n) is 2.03. The molecule has 0 aromatic heterocycles. The summed E-state index contributed by atoms with van der Waals surface area (Å²) in [7, 11) is 1.77. The molecule has 0 fully saturated rings. The van der Waals surface area contributed by atoms with Gasteiger partial charge in [-0.05, 0) is 53.2 Å².